The van der Waals surface area contributed by atoms with Gasteiger partial charge in [-0.25, -0.2) is 4.39 Å². The molecule has 0 bridgehead atoms. The largest absolute Gasteiger partial charge is 0.348 e. The van der Waals surface area contributed by atoms with E-state index in [2.05, 4.69) is 18.8 Å². The van der Waals surface area contributed by atoms with Gasteiger partial charge in [-0.15, -0.1) is 0 Å². The van der Waals surface area contributed by atoms with Crippen LogP contribution in [0.1, 0.15) is 128 Å². The van der Waals surface area contributed by atoms with Gasteiger partial charge in [0.25, 0.3) is 0 Å². The summed E-state index contributed by atoms with van der Waals surface area (Å²) in [7, 11) is 0. The van der Waals surface area contributed by atoms with Crippen LogP contribution in [-0.2, 0) is 15.9 Å². The van der Waals surface area contributed by atoms with E-state index in [4.69, 9.17) is 9.47 Å². The first-order valence-electron chi connectivity index (χ1n) is 15.2. The van der Waals surface area contributed by atoms with Crippen LogP contribution >= 0.6 is 0 Å². The second-order valence-electron chi connectivity index (χ2n) is 10.9. The summed E-state index contributed by atoms with van der Waals surface area (Å²) in [5.74, 6) is 0.361. The van der Waals surface area contributed by atoms with Crippen molar-refractivity contribution in [1.82, 2.24) is 4.98 Å². The molecule has 0 amide bonds. The molecule has 0 saturated carbocycles. The Kier molecular flexibility index (Phi) is 14.2. The van der Waals surface area contributed by atoms with Crippen LogP contribution in [0.4, 0.5) is 4.39 Å². The number of aryl methyl sites for hydroxylation is 1. The quantitative estimate of drug-likeness (QED) is 0.187. The molecule has 3 rings (SSSR count). The average Bonchev–Trinajstić information content (AvgIpc) is 2.93. The molecule has 0 N–H and O–H groups in total. The Morgan fingerprint density at radius 3 is 1.97 bits per heavy atom. The van der Waals surface area contributed by atoms with E-state index in [0.29, 0.717) is 5.92 Å². The summed E-state index contributed by atoms with van der Waals surface area (Å²) in [6.07, 6.45) is 21.5. The standard InChI is InChI=1S/C33H50FNO2/c1-3-5-7-9-11-12-13-15-17-27-25-36-33(37-26-27)30-21-22-32(35-24-30)29-20-19-28(31(34)23-29)18-16-14-10-8-6-4-2/h19-24,27,33H,3-18,25-26H2,1-2H3. The molecule has 1 aliphatic rings. The summed E-state index contributed by atoms with van der Waals surface area (Å²) in [6, 6.07) is 9.47. The maximum absolute atomic E-state index is 14.7. The Morgan fingerprint density at radius 1 is 0.757 bits per heavy atom. The van der Waals surface area contributed by atoms with Crippen molar-refractivity contribution < 1.29 is 13.9 Å². The lowest BCUT2D eigenvalue weighted by atomic mass is 10.0. The molecule has 3 nitrogen and oxygen atoms in total. The predicted octanol–water partition coefficient (Wildman–Crippen LogP) is 9.98. The Balaban J connectivity index is 1.36. The summed E-state index contributed by atoms with van der Waals surface area (Å²) in [6.45, 7) is 5.98. The molecule has 4 heteroatoms. The minimum atomic E-state index is -0.354. The summed E-state index contributed by atoms with van der Waals surface area (Å²) < 4.78 is 26.8. The number of halogens is 1. The van der Waals surface area contributed by atoms with Gasteiger partial charge in [0.2, 0.25) is 0 Å². The van der Waals surface area contributed by atoms with E-state index in [-0.39, 0.29) is 12.1 Å². The number of aromatic nitrogens is 1. The van der Waals surface area contributed by atoms with Crippen LogP contribution in [0.2, 0.25) is 0 Å². The Morgan fingerprint density at radius 2 is 1.38 bits per heavy atom. The monoisotopic (exact) mass is 511 g/mol. The van der Waals surface area contributed by atoms with Crippen molar-refractivity contribution >= 4 is 0 Å². The number of rotatable bonds is 18. The SMILES string of the molecule is CCCCCCCCCCC1COC(c2ccc(-c3ccc(CCCCCCCC)c(F)c3)nc2)OC1. The first-order valence-corrected chi connectivity index (χ1v) is 15.2. The molecule has 2 heterocycles. The molecule has 0 radical (unpaired) electrons. The average molecular weight is 512 g/mol. The number of hydrogen-bond acceptors (Lipinski definition) is 3. The molecule has 0 spiro atoms. The van der Waals surface area contributed by atoms with Gasteiger partial charge in [0.05, 0.1) is 18.9 Å². The minimum Gasteiger partial charge on any atom is -0.348 e. The number of pyridine rings is 1. The van der Waals surface area contributed by atoms with Crippen LogP contribution in [0.5, 0.6) is 0 Å². The molecule has 37 heavy (non-hydrogen) atoms. The number of benzene rings is 1. The van der Waals surface area contributed by atoms with E-state index in [1.54, 1.807) is 12.3 Å². The summed E-state index contributed by atoms with van der Waals surface area (Å²) in [5.41, 5.74) is 3.32. The third-order valence-electron chi connectivity index (χ3n) is 7.64. The van der Waals surface area contributed by atoms with Crippen molar-refractivity contribution in [3.8, 4) is 11.3 Å². The molecule has 1 fully saturated rings. The van der Waals surface area contributed by atoms with Gasteiger partial charge in [0.1, 0.15) is 5.82 Å². The van der Waals surface area contributed by atoms with Crippen LogP contribution in [0.3, 0.4) is 0 Å². The van der Waals surface area contributed by atoms with E-state index in [1.807, 2.05) is 24.3 Å². The molecule has 1 aromatic heterocycles. The number of unbranched alkanes of at least 4 members (excludes halogenated alkanes) is 12. The van der Waals surface area contributed by atoms with Gasteiger partial charge in [0.15, 0.2) is 6.29 Å². The van der Waals surface area contributed by atoms with Crippen LogP contribution in [0.15, 0.2) is 36.5 Å². The van der Waals surface area contributed by atoms with Gasteiger partial charge in [-0.1, -0.05) is 116 Å². The normalized spacial score (nSPS) is 17.8. The van der Waals surface area contributed by atoms with Crippen molar-refractivity contribution in [3.05, 3.63) is 53.5 Å². The zero-order chi connectivity index (χ0) is 26.1. The molecular weight excluding hydrogens is 461 g/mol. The van der Waals surface area contributed by atoms with Gasteiger partial charge in [-0.05, 0) is 37.0 Å². The van der Waals surface area contributed by atoms with Crippen molar-refractivity contribution in [1.29, 1.82) is 0 Å². The van der Waals surface area contributed by atoms with Gasteiger partial charge >= 0.3 is 0 Å². The minimum absolute atomic E-state index is 0.126. The Bertz CT molecular complexity index is 861. The number of nitrogens with zero attached hydrogens (tertiary/aromatic N) is 1. The van der Waals surface area contributed by atoms with E-state index in [0.717, 1.165) is 48.4 Å². The maximum Gasteiger partial charge on any atom is 0.185 e. The third-order valence-corrected chi connectivity index (χ3v) is 7.64. The van der Waals surface area contributed by atoms with Crippen LogP contribution < -0.4 is 0 Å². The molecule has 0 aliphatic carbocycles. The second kappa shape index (κ2) is 17.7. The Labute approximate surface area is 225 Å². The van der Waals surface area contributed by atoms with Crippen molar-refractivity contribution in [3.63, 3.8) is 0 Å². The first kappa shape index (κ1) is 29.8. The highest BCUT2D eigenvalue weighted by molar-refractivity contribution is 5.59. The van der Waals surface area contributed by atoms with Gasteiger partial charge < -0.3 is 9.47 Å². The highest BCUT2D eigenvalue weighted by atomic mass is 19.1. The fourth-order valence-corrected chi connectivity index (χ4v) is 5.19. The number of ether oxygens (including phenoxy) is 2. The molecule has 2 aromatic rings. The molecule has 206 valence electrons. The molecule has 0 atom stereocenters. The molecule has 1 aliphatic heterocycles. The Hall–Kier alpha value is -1.78. The lowest BCUT2D eigenvalue weighted by Gasteiger charge is -2.29. The smallest absolute Gasteiger partial charge is 0.185 e. The molecule has 0 unspecified atom stereocenters. The molecule has 1 saturated heterocycles. The van der Waals surface area contributed by atoms with Gasteiger partial charge in [0, 0.05) is 23.2 Å². The highest BCUT2D eigenvalue weighted by Crippen LogP contribution is 2.29. The third kappa shape index (κ3) is 10.9. The number of hydrogen-bond donors (Lipinski definition) is 0. The fourth-order valence-electron chi connectivity index (χ4n) is 5.19. The van der Waals surface area contributed by atoms with E-state index >= 15 is 0 Å². The summed E-state index contributed by atoms with van der Waals surface area (Å²) in [5, 5.41) is 0. The van der Waals surface area contributed by atoms with Crippen LogP contribution in [0.25, 0.3) is 11.3 Å². The lowest BCUT2D eigenvalue weighted by Crippen LogP contribution is -2.27. The van der Waals surface area contributed by atoms with E-state index in [1.165, 1.54) is 89.9 Å². The van der Waals surface area contributed by atoms with Crippen LogP contribution in [-0.4, -0.2) is 18.2 Å². The van der Waals surface area contributed by atoms with Crippen molar-refractivity contribution in [2.75, 3.05) is 13.2 Å². The van der Waals surface area contributed by atoms with Crippen molar-refractivity contribution in [2.24, 2.45) is 5.92 Å². The summed E-state index contributed by atoms with van der Waals surface area (Å²) in [4.78, 5) is 4.59. The lowest BCUT2D eigenvalue weighted by molar-refractivity contribution is -0.206. The summed E-state index contributed by atoms with van der Waals surface area (Å²) >= 11 is 0. The molecule has 1 aromatic carbocycles. The van der Waals surface area contributed by atoms with Crippen LogP contribution in [0, 0.1) is 11.7 Å². The zero-order valence-electron chi connectivity index (χ0n) is 23.5. The van der Waals surface area contributed by atoms with Gasteiger partial charge in [-0.2, -0.15) is 0 Å². The van der Waals surface area contributed by atoms with E-state index in [9.17, 15) is 4.39 Å². The topological polar surface area (TPSA) is 31.4 Å². The first-order chi connectivity index (χ1) is 18.2. The fraction of sp³-hybridized carbons (Fsp3) is 0.667. The van der Waals surface area contributed by atoms with Crippen molar-refractivity contribution in [2.45, 2.75) is 123 Å². The predicted molar refractivity (Wildman–Crippen MR) is 152 cm³/mol. The molecular formula is C33H50FNO2. The highest BCUT2D eigenvalue weighted by Gasteiger charge is 2.23. The zero-order valence-corrected chi connectivity index (χ0v) is 23.5. The van der Waals surface area contributed by atoms with Gasteiger partial charge in [-0.3, -0.25) is 4.98 Å². The second-order valence-corrected chi connectivity index (χ2v) is 10.9. The maximum atomic E-state index is 14.7. The van der Waals surface area contributed by atoms with E-state index < -0.39 is 0 Å².